The van der Waals surface area contributed by atoms with E-state index in [0.717, 1.165) is 30.8 Å². The zero-order valence-corrected chi connectivity index (χ0v) is 16.9. The fourth-order valence-corrected chi connectivity index (χ4v) is 2.85. The molecule has 6 nitrogen and oxygen atoms in total. The number of nitrogens with one attached hydrogen (secondary N) is 2. The van der Waals surface area contributed by atoms with Gasteiger partial charge in [-0.2, -0.15) is 0 Å². The molecule has 1 atom stereocenters. The molecule has 4 N–H and O–H groups in total. The van der Waals surface area contributed by atoms with Crippen LogP contribution in [-0.4, -0.2) is 42.9 Å². The monoisotopic (exact) mass is 382 g/mol. The Morgan fingerprint density at radius 2 is 1.75 bits per heavy atom. The average molecular weight is 383 g/mol. The number of carbonyl (C=O) groups is 2. The maximum absolute atomic E-state index is 12.4. The van der Waals surface area contributed by atoms with Crippen LogP contribution in [0.1, 0.15) is 41.4 Å². The summed E-state index contributed by atoms with van der Waals surface area (Å²) in [6.45, 7) is 9.46. The molecular weight excluding hydrogens is 352 g/mol. The summed E-state index contributed by atoms with van der Waals surface area (Å²) >= 11 is 0. The van der Waals surface area contributed by atoms with Crippen molar-refractivity contribution in [3.8, 4) is 0 Å². The largest absolute Gasteiger partial charge is 0.351 e. The van der Waals surface area contributed by atoms with Gasteiger partial charge in [0, 0.05) is 24.3 Å². The number of amides is 2. The van der Waals surface area contributed by atoms with Gasteiger partial charge in [0.05, 0.1) is 0 Å². The van der Waals surface area contributed by atoms with Crippen molar-refractivity contribution in [2.24, 2.45) is 5.73 Å². The smallest absolute Gasteiger partial charge is 0.251 e. The van der Waals surface area contributed by atoms with Crippen LogP contribution in [0.4, 0.5) is 5.69 Å². The van der Waals surface area contributed by atoms with Gasteiger partial charge in [-0.15, -0.1) is 0 Å². The van der Waals surface area contributed by atoms with E-state index in [1.165, 1.54) is 0 Å². The van der Waals surface area contributed by atoms with E-state index in [4.69, 9.17) is 5.73 Å². The Kier molecular flexibility index (Phi) is 8.17. The summed E-state index contributed by atoms with van der Waals surface area (Å²) in [4.78, 5) is 27.1. The second-order valence-corrected chi connectivity index (χ2v) is 6.74. The predicted molar refractivity (Wildman–Crippen MR) is 113 cm³/mol. The number of hydrogen-bond acceptors (Lipinski definition) is 4. The highest BCUT2D eigenvalue weighted by Gasteiger charge is 2.16. The maximum atomic E-state index is 12.4. The van der Waals surface area contributed by atoms with Crippen LogP contribution in [0, 0.1) is 6.92 Å². The molecule has 0 heterocycles. The highest BCUT2D eigenvalue weighted by Crippen LogP contribution is 2.16. The molecule has 0 aliphatic carbocycles. The molecule has 0 radical (unpaired) electrons. The van der Waals surface area contributed by atoms with Gasteiger partial charge in [-0.25, -0.2) is 0 Å². The van der Waals surface area contributed by atoms with Gasteiger partial charge >= 0.3 is 0 Å². The van der Waals surface area contributed by atoms with E-state index >= 15 is 0 Å². The Hall–Kier alpha value is -2.70. The quantitative estimate of drug-likeness (QED) is 0.622. The zero-order valence-electron chi connectivity index (χ0n) is 16.9. The van der Waals surface area contributed by atoms with Crippen LogP contribution in [0.25, 0.3) is 0 Å². The number of nitrogens with two attached hydrogens (primary N) is 1. The SMILES string of the molecule is CCN(CC)CCNC(=O)c1cccc(NC(=O)C(N)c2ccc(C)cc2)c1. The molecule has 150 valence electrons. The molecule has 0 bridgehead atoms. The van der Waals surface area contributed by atoms with E-state index in [1.807, 2.05) is 31.2 Å². The fourth-order valence-electron chi connectivity index (χ4n) is 2.85. The van der Waals surface area contributed by atoms with E-state index in [9.17, 15) is 9.59 Å². The molecule has 1 unspecified atom stereocenters. The van der Waals surface area contributed by atoms with Crippen LogP contribution in [0.5, 0.6) is 0 Å². The Balaban J connectivity index is 1.95. The van der Waals surface area contributed by atoms with Crippen LogP contribution in [-0.2, 0) is 4.79 Å². The minimum atomic E-state index is -0.771. The topological polar surface area (TPSA) is 87.5 Å². The first-order valence-electron chi connectivity index (χ1n) is 9.68. The van der Waals surface area contributed by atoms with E-state index in [-0.39, 0.29) is 11.8 Å². The zero-order chi connectivity index (χ0) is 20.5. The predicted octanol–water partition coefficient (Wildman–Crippen LogP) is 2.71. The number of benzene rings is 2. The summed E-state index contributed by atoms with van der Waals surface area (Å²) in [5.41, 5.74) is 8.96. The number of carbonyl (C=O) groups excluding carboxylic acids is 2. The molecule has 0 saturated carbocycles. The highest BCUT2D eigenvalue weighted by molar-refractivity contribution is 5.98. The number of aryl methyl sites for hydroxylation is 1. The molecule has 0 saturated heterocycles. The number of nitrogens with zero attached hydrogens (tertiary/aromatic N) is 1. The number of hydrogen-bond donors (Lipinski definition) is 3. The van der Waals surface area contributed by atoms with Crippen molar-refractivity contribution < 1.29 is 9.59 Å². The van der Waals surface area contributed by atoms with Gasteiger partial charge in [0.2, 0.25) is 5.91 Å². The second-order valence-electron chi connectivity index (χ2n) is 6.74. The summed E-state index contributed by atoms with van der Waals surface area (Å²) in [6.07, 6.45) is 0. The third-order valence-electron chi connectivity index (χ3n) is 4.72. The third-order valence-corrected chi connectivity index (χ3v) is 4.72. The van der Waals surface area contributed by atoms with Crippen LogP contribution < -0.4 is 16.4 Å². The van der Waals surface area contributed by atoms with Gasteiger partial charge in [-0.05, 0) is 43.8 Å². The molecule has 0 fully saturated rings. The van der Waals surface area contributed by atoms with Crippen LogP contribution >= 0.6 is 0 Å². The summed E-state index contributed by atoms with van der Waals surface area (Å²) in [5, 5.41) is 5.70. The molecule has 2 aromatic rings. The average Bonchev–Trinajstić information content (AvgIpc) is 2.71. The summed E-state index contributed by atoms with van der Waals surface area (Å²) in [7, 11) is 0. The van der Waals surface area contributed by atoms with Gasteiger partial charge < -0.3 is 21.3 Å². The molecule has 2 amide bonds. The molecule has 28 heavy (non-hydrogen) atoms. The highest BCUT2D eigenvalue weighted by atomic mass is 16.2. The van der Waals surface area contributed by atoms with Gasteiger partial charge in [0.1, 0.15) is 6.04 Å². The van der Waals surface area contributed by atoms with Crippen molar-refractivity contribution in [3.63, 3.8) is 0 Å². The van der Waals surface area contributed by atoms with Gasteiger partial charge in [-0.3, -0.25) is 9.59 Å². The number of rotatable bonds is 9. The van der Waals surface area contributed by atoms with E-state index in [0.29, 0.717) is 17.8 Å². The maximum Gasteiger partial charge on any atom is 0.251 e. The lowest BCUT2D eigenvalue weighted by molar-refractivity contribution is -0.117. The van der Waals surface area contributed by atoms with E-state index in [1.54, 1.807) is 24.3 Å². The summed E-state index contributed by atoms with van der Waals surface area (Å²) in [5.74, 6) is -0.478. The van der Waals surface area contributed by atoms with Crippen LogP contribution in [0.2, 0.25) is 0 Å². The second kappa shape index (κ2) is 10.6. The first-order valence-corrected chi connectivity index (χ1v) is 9.68. The molecular formula is C22H30N4O2. The first kappa shape index (κ1) is 21.6. The van der Waals surface area contributed by atoms with Crippen molar-refractivity contribution in [2.45, 2.75) is 26.8 Å². The molecule has 2 rings (SSSR count). The number of likely N-dealkylation sites (N-methyl/N-ethyl adjacent to an activating group) is 1. The van der Waals surface area contributed by atoms with E-state index in [2.05, 4.69) is 29.4 Å². The molecule has 0 spiro atoms. The summed E-state index contributed by atoms with van der Waals surface area (Å²) < 4.78 is 0. The molecule has 0 aliphatic heterocycles. The Labute approximate surface area is 167 Å². The normalized spacial score (nSPS) is 11.9. The van der Waals surface area contributed by atoms with Crippen molar-refractivity contribution in [1.29, 1.82) is 0 Å². The first-order chi connectivity index (χ1) is 13.4. The van der Waals surface area contributed by atoms with E-state index < -0.39 is 6.04 Å². The molecule has 0 aliphatic rings. The lowest BCUT2D eigenvalue weighted by Gasteiger charge is -2.18. The van der Waals surface area contributed by atoms with Gasteiger partial charge in [0.25, 0.3) is 5.91 Å². The summed E-state index contributed by atoms with van der Waals surface area (Å²) in [6, 6.07) is 13.6. The Morgan fingerprint density at radius 3 is 2.39 bits per heavy atom. The standard InChI is InChI=1S/C22H30N4O2/c1-4-26(5-2)14-13-24-21(27)18-7-6-8-19(15-18)25-22(28)20(23)17-11-9-16(3)10-12-17/h6-12,15,20H,4-5,13-14,23H2,1-3H3,(H,24,27)(H,25,28). The lowest BCUT2D eigenvalue weighted by Crippen LogP contribution is -2.34. The third kappa shape index (κ3) is 6.18. The van der Waals surface area contributed by atoms with Crippen molar-refractivity contribution >= 4 is 17.5 Å². The van der Waals surface area contributed by atoms with Crippen LogP contribution in [0.15, 0.2) is 48.5 Å². The van der Waals surface area contributed by atoms with Crippen molar-refractivity contribution in [1.82, 2.24) is 10.2 Å². The van der Waals surface area contributed by atoms with Gasteiger partial charge in [0.15, 0.2) is 0 Å². The minimum absolute atomic E-state index is 0.161. The molecule has 2 aromatic carbocycles. The minimum Gasteiger partial charge on any atom is -0.351 e. The Bertz CT molecular complexity index is 785. The van der Waals surface area contributed by atoms with Crippen molar-refractivity contribution in [2.75, 3.05) is 31.5 Å². The molecule has 0 aromatic heterocycles. The fraction of sp³-hybridized carbons (Fsp3) is 0.364. The lowest BCUT2D eigenvalue weighted by atomic mass is 10.1. The van der Waals surface area contributed by atoms with Crippen LogP contribution in [0.3, 0.4) is 0 Å². The van der Waals surface area contributed by atoms with Crippen molar-refractivity contribution in [3.05, 3.63) is 65.2 Å². The number of anilines is 1. The van der Waals surface area contributed by atoms with Gasteiger partial charge in [-0.1, -0.05) is 49.7 Å². The molecule has 6 heteroatoms. The Morgan fingerprint density at radius 1 is 1.07 bits per heavy atom.